The summed E-state index contributed by atoms with van der Waals surface area (Å²) in [6.07, 6.45) is 1.43. The maximum Gasteiger partial charge on any atom is 0.264 e. The maximum atomic E-state index is 13.5. The van der Waals surface area contributed by atoms with Crippen LogP contribution in [0.1, 0.15) is 18.1 Å². The Morgan fingerprint density at radius 1 is 0.905 bits per heavy atom. The second-order valence-electron chi connectivity index (χ2n) is 8.85. The summed E-state index contributed by atoms with van der Waals surface area (Å²) in [5.74, 6) is 0.807. The Kier molecular flexibility index (Phi) is 10.4. The molecule has 0 saturated heterocycles. The minimum atomic E-state index is -4.11. The molecule has 0 atom stereocenters. The predicted molar refractivity (Wildman–Crippen MR) is 163 cm³/mol. The molecule has 4 aromatic carbocycles. The van der Waals surface area contributed by atoms with Crippen molar-refractivity contribution >= 4 is 39.4 Å². The van der Waals surface area contributed by atoms with Gasteiger partial charge in [0.1, 0.15) is 18.9 Å². The minimum absolute atomic E-state index is 0.0197. The first-order chi connectivity index (χ1) is 20.3. The van der Waals surface area contributed by atoms with Crippen LogP contribution in [0.15, 0.2) is 107 Å². The molecule has 9 nitrogen and oxygen atoms in total. The summed E-state index contributed by atoms with van der Waals surface area (Å²) in [4.78, 5) is 12.9. The predicted octanol–water partition coefficient (Wildman–Crippen LogP) is 5.67. The van der Waals surface area contributed by atoms with Gasteiger partial charge in [0.25, 0.3) is 15.9 Å². The molecule has 0 fully saturated rings. The molecule has 11 heteroatoms. The van der Waals surface area contributed by atoms with E-state index in [-0.39, 0.29) is 15.6 Å². The second kappa shape index (κ2) is 14.4. The average molecular weight is 608 g/mol. The Morgan fingerprint density at radius 2 is 1.60 bits per heavy atom. The first-order valence-corrected chi connectivity index (χ1v) is 14.8. The van der Waals surface area contributed by atoms with Crippen LogP contribution >= 0.6 is 11.6 Å². The van der Waals surface area contributed by atoms with Crippen molar-refractivity contribution in [3.05, 3.63) is 113 Å². The third-order valence-electron chi connectivity index (χ3n) is 5.95. The summed E-state index contributed by atoms with van der Waals surface area (Å²) in [6.45, 7) is 2.13. The number of hydrazone groups is 1. The standard InChI is InChI=1S/C31H30ClN3O6S/c1-3-40-30-18-24(14-16-29(30)41-22-23-10-6-4-7-11-23)20-33-34-31(36)21-35(25-15-17-28(39-2)27(32)19-25)42(37,38)26-12-8-5-9-13-26/h4-20H,3,21-22H2,1-2H3,(H,34,36)/b33-20-. The molecule has 0 bridgehead atoms. The fourth-order valence-corrected chi connectivity index (χ4v) is 5.60. The highest BCUT2D eigenvalue weighted by atomic mass is 35.5. The largest absolute Gasteiger partial charge is 0.495 e. The van der Waals surface area contributed by atoms with E-state index >= 15 is 0 Å². The third kappa shape index (κ3) is 7.80. The van der Waals surface area contributed by atoms with Gasteiger partial charge in [-0.1, -0.05) is 60.1 Å². The molecule has 0 unspecified atom stereocenters. The monoisotopic (exact) mass is 607 g/mol. The maximum absolute atomic E-state index is 13.5. The number of carbonyl (C=O) groups is 1. The second-order valence-corrected chi connectivity index (χ2v) is 11.1. The number of sulfonamides is 1. The van der Waals surface area contributed by atoms with Crippen molar-refractivity contribution in [2.24, 2.45) is 5.10 Å². The van der Waals surface area contributed by atoms with Crippen LogP contribution in [-0.2, 0) is 21.4 Å². The summed E-state index contributed by atoms with van der Waals surface area (Å²) < 4.78 is 44.8. The van der Waals surface area contributed by atoms with Gasteiger partial charge in [0.05, 0.1) is 35.5 Å². The quantitative estimate of drug-likeness (QED) is 0.155. The number of nitrogens with zero attached hydrogens (tertiary/aromatic N) is 2. The molecule has 1 amide bonds. The fraction of sp³-hybridized carbons (Fsp3) is 0.161. The van der Waals surface area contributed by atoms with Crippen LogP contribution < -0.4 is 23.9 Å². The van der Waals surface area contributed by atoms with Gasteiger partial charge in [-0.05, 0) is 66.6 Å². The van der Waals surface area contributed by atoms with E-state index in [2.05, 4.69) is 10.5 Å². The van der Waals surface area contributed by atoms with Crippen LogP contribution in [0.5, 0.6) is 17.2 Å². The zero-order valence-corrected chi connectivity index (χ0v) is 24.6. The zero-order valence-electron chi connectivity index (χ0n) is 23.1. The number of benzene rings is 4. The van der Waals surface area contributed by atoms with Gasteiger partial charge in [-0.3, -0.25) is 9.10 Å². The molecule has 4 rings (SSSR count). The Morgan fingerprint density at radius 3 is 2.26 bits per heavy atom. The number of carbonyl (C=O) groups excluding carboxylic acids is 1. The van der Waals surface area contributed by atoms with Crippen molar-refractivity contribution in [3.8, 4) is 17.2 Å². The lowest BCUT2D eigenvalue weighted by Gasteiger charge is -2.24. The molecule has 42 heavy (non-hydrogen) atoms. The lowest BCUT2D eigenvalue weighted by atomic mass is 10.2. The minimum Gasteiger partial charge on any atom is -0.495 e. The number of methoxy groups -OCH3 is 1. The summed E-state index contributed by atoms with van der Waals surface area (Å²) in [5.41, 5.74) is 4.25. The van der Waals surface area contributed by atoms with Gasteiger partial charge in [0, 0.05) is 0 Å². The molecule has 4 aromatic rings. The molecule has 0 aliphatic heterocycles. The molecule has 0 aliphatic carbocycles. The van der Waals surface area contributed by atoms with E-state index < -0.39 is 22.5 Å². The normalized spacial score (nSPS) is 11.2. The molecular formula is C31H30ClN3O6S. The van der Waals surface area contributed by atoms with Crippen LogP contribution in [0, 0.1) is 0 Å². The van der Waals surface area contributed by atoms with E-state index in [1.807, 2.05) is 37.3 Å². The van der Waals surface area contributed by atoms with Crippen LogP contribution in [-0.4, -0.2) is 40.8 Å². The zero-order chi connectivity index (χ0) is 30.0. The number of halogens is 1. The average Bonchev–Trinajstić information content (AvgIpc) is 3.00. The molecule has 0 aliphatic rings. The van der Waals surface area contributed by atoms with Crippen molar-refractivity contribution < 1.29 is 27.4 Å². The molecule has 218 valence electrons. The fourth-order valence-electron chi connectivity index (χ4n) is 3.92. The van der Waals surface area contributed by atoms with E-state index in [4.69, 9.17) is 25.8 Å². The summed E-state index contributed by atoms with van der Waals surface area (Å²) in [7, 11) is -2.66. The van der Waals surface area contributed by atoms with Crippen LogP contribution in [0.2, 0.25) is 5.02 Å². The summed E-state index contributed by atoms with van der Waals surface area (Å²) >= 11 is 6.27. The topological polar surface area (TPSA) is 107 Å². The molecule has 0 radical (unpaired) electrons. The van der Waals surface area contributed by atoms with Crippen molar-refractivity contribution in [1.82, 2.24) is 5.43 Å². The van der Waals surface area contributed by atoms with Crippen molar-refractivity contribution in [2.45, 2.75) is 18.4 Å². The van der Waals surface area contributed by atoms with E-state index in [1.54, 1.807) is 36.4 Å². The highest BCUT2D eigenvalue weighted by Crippen LogP contribution is 2.32. The van der Waals surface area contributed by atoms with Gasteiger partial charge < -0.3 is 14.2 Å². The first kappa shape index (κ1) is 30.4. The Balaban J connectivity index is 1.49. The molecule has 1 N–H and O–H groups in total. The molecule has 0 saturated carbocycles. The Labute approximate surface area is 250 Å². The number of hydrogen-bond donors (Lipinski definition) is 1. The number of rotatable bonds is 13. The number of hydrogen-bond acceptors (Lipinski definition) is 7. The van der Waals surface area contributed by atoms with E-state index in [9.17, 15) is 13.2 Å². The lowest BCUT2D eigenvalue weighted by Crippen LogP contribution is -2.39. The first-order valence-electron chi connectivity index (χ1n) is 13.0. The van der Waals surface area contributed by atoms with E-state index in [0.29, 0.717) is 36.0 Å². The van der Waals surface area contributed by atoms with Gasteiger partial charge >= 0.3 is 0 Å². The smallest absolute Gasteiger partial charge is 0.264 e. The SMILES string of the molecule is CCOc1cc(/C=N\NC(=O)CN(c2ccc(OC)c(Cl)c2)S(=O)(=O)c2ccccc2)ccc1OCc1ccccc1. The number of anilines is 1. The lowest BCUT2D eigenvalue weighted by molar-refractivity contribution is -0.119. The van der Waals surface area contributed by atoms with Crippen molar-refractivity contribution in [1.29, 1.82) is 0 Å². The number of nitrogens with one attached hydrogen (secondary N) is 1. The van der Waals surface area contributed by atoms with E-state index in [0.717, 1.165) is 9.87 Å². The van der Waals surface area contributed by atoms with E-state index in [1.165, 1.54) is 43.7 Å². The third-order valence-corrected chi connectivity index (χ3v) is 8.03. The van der Waals surface area contributed by atoms with Crippen LogP contribution in [0.3, 0.4) is 0 Å². The van der Waals surface area contributed by atoms with Gasteiger partial charge in [-0.15, -0.1) is 0 Å². The molecule has 0 heterocycles. The number of amides is 1. The molecule has 0 aromatic heterocycles. The van der Waals surface area contributed by atoms with Gasteiger partial charge in [-0.25, -0.2) is 13.8 Å². The van der Waals surface area contributed by atoms with Gasteiger partial charge in [0.2, 0.25) is 0 Å². The van der Waals surface area contributed by atoms with Crippen LogP contribution in [0.25, 0.3) is 0 Å². The molecule has 0 spiro atoms. The highest BCUT2D eigenvalue weighted by Gasteiger charge is 2.27. The summed E-state index contributed by atoms with van der Waals surface area (Å²) in [5, 5.41) is 4.22. The Hall–Kier alpha value is -4.54. The molecular weight excluding hydrogens is 578 g/mol. The van der Waals surface area contributed by atoms with Crippen molar-refractivity contribution in [3.63, 3.8) is 0 Å². The van der Waals surface area contributed by atoms with Gasteiger partial charge in [-0.2, -0.15) is 5.10 Å². The van der Waals surface area contributed by atoms with Crippen molar-refractivity contribution in [2.75, 3.05) is 24.6 Å². The Bertz CT molecular complexity index is 1630. The van der Waals surface area contributed by atoms with Crippen LogP contribution in [0.4, 0.5) is 5.69 Å². The summed E-state index contributed by atoms with van der Waals surface area (Å²) in [6, 6.07) is 27.3. The number of ether oxygens (including phenoxy) is 3. The highest BCUT2D eigenvalue weighted by molar-refractivity contribution is 7.92. The van der Waals surface area contributed by atoms with Gasteiger partial charge in [0.15, 0.2) is 11.5 Å².